The quantitative estimate of drug-likeness (QED) is 0.674. The molecule has 1 aliphatic heterocycles. The molecule has 0 bridgehead atoms. The fourth-order valence-corrected chi connectivity index (χ4v) is 2.09. The molecule has 7 heteroatoms. The highest BCUT2D eigenvalue weighted by Crippen LogP contribution is 2.16. The molecular weight excluding hydrogens is 270 g/mol. The Morgan fingerprint density at radius 3 is 2.84 bits per heavy atom. The average molecular weight is 286 g/mol. The van der Waals surface area contributed by atoms with Crippen molar-refractivity contribution in [3.8, 4) is 0 Å². The van der Waals surface area contributed by atoms with Crippen LogP contribution in [-0.2, 0) is 0 Å². The van der Waals surface area contributed by atoms with Gasteiger partial charge in [0.25, 0.3) is 11.6 Å². The van der Waals surface area contributed by atoms with Crippen molar-refractivity contribution in [2.75, 3.05) is 20.1 Å². The van der Waals surface area contributed by atoms with Crippen molar-refractivity contribution in [3.63, 3.8) is 0 Å². The summed E-state index contributed by atoms with van der Waals surface area (Å²) >= 11 is 0. The second kappa shape index (κ2) is 6.49. The van der Waals surface area contributed by atoms with Gasteiger partial charge in [0.1, 0.15) is 0 Å². The van der Waals surface area contributed by atoms with Crippen LogP contribution in [-0.4, -0.2) is 41.9 Å². The lowest BCUT2D eigenvalue weighted by Gasteiger charge is -2.23. The molecule has 19 heavy (non-hydrogen) atoms. The number of amides is 1. The zero-order chi connectivity index (χ0) is 13.1. The van der Waals surface area contributed by atoms with E-state index in [1.807, 2.05) is 0 Å². The van der Waals surface area contributed by atoms with E-state index in [9.17, 15) is 14.9 Å². The van der Waals surface area contributed by atoms with E-state index < -0.39 is 4.92 Å². The predicted molar refractivity (Wildman–Crippen MR) is 73.7 cm³/mol. The van der Waals surface area contributed by atoms with E-state index in [-0.39, 0.29) is 30.0 Å². The highest BCUT2D eigenvalue weighted by Gasteiger charge is 2.24. The smallest absolute Gasteiger partial charge is 0.270 e. The van der Waals surface area contributed by atoms with E-state index in [0.29, 0.717) is 5.56 Å². The van der Waals surface area contributed by atoms with Gasteiger partial charge in [-0.05, 0) is 19.0 Å². The average Bonchev–Trinajstić information content (AvgIpc) is 2.91. The molecule has 0 aromatic heterocycles. The molecule has 0 radical (unpaired) electrons. The minimum Gasteiger partial charge on any atom is -0.337 e. The molecule has 1 saturated heterocycles. The van der Waals surface area contributed by atoms with E-state index in [1.165, 1.54) is 18.2 Å². The first-order chi connectivity index (χ1) is 8.59. The van der Waals surface area contributed by atoms with Gasteiger partial charge in [0, 0.05) is 37.3 Å². The number of likely N-dealkylation sites (N-methyl/N-ethyl adjacent to an activating group) is 1. The maximum absolute atomic E-state index is 12.2. The van der Waals surface area contributed by atoms with E-state index >= 15 is 0 Å². The second-order valence-corrected chi connectivity index (χ2v) is 4.37. The molecule has 1 heterocycles. The molecule has 1 N–H and O–H groups in total. The SMILES string of the molecule is CN(C(=O)c1cccc([N+](=O)[O-])c1)C1CCNC1.Cl. The molecule has 2 rings (SSSR count). The third-order valence-electron chi connectivity index (χ3n) is 3.21. The first-order valence-corrected chi connectivity index (χ1v) is 5.82. The summed E-state index contributed by atoms with van der Waals surface area (Å²) < 4.78 is 0. The third-order valence-corrected chi connectivity index (χ3v) is 3.21. The third kappa shape index (κ3) is 3.42. The predicted octanol–water partition coefficient (Wildman–Crippen LogP) is 1.45. The van der Waals surface area contributed by atoms with Gasteiger partial charge in [-0.1, -0.05) is 6.07 Å². The fraction of sp³-hybridized carbons (Fsp3) is 0.417. The summed E-state index contributed by atoms with van der Waals surface area (Å²) in [6, 6.07) is 6.01. The normalized spacial score (nSPS) is 17.6. The van der Waals surface area contributed by atoms with Crippen molar-refractivity contribution in [3.05, 3.63) is 39.9 Å². The number of rotatable bonds is 3. The van der Waals surface area contributed by atoms with Gasteiger partial charge in [0.15, 0.2) is 0 Å². The van der Waals surface area contributed by atoms with Crippen LogP contribution < -0.4 is 5.32 Å². The van der Waals surface area contributed by atoms with Crippen LogP contribution in [0.1, 0.15) is 16.8 Å². The van der Waals surface area contributed by atoms with Crippen LogP contribution in [0.3, 0.4) is 0 Å². The Bertz CT molecular complexity index is 475. The number of nitro groups is 1. The van der Waals surface area contributed by atoms with Crippen LogP contribution in [0.4, 0.5) is 5.69 Å². The lowest BCUT2D eigenvalue weighted by Crippen LogP contribution is -2.38. The maximum atomic E-state index is 12.2. The number of non-ortho nitro benzene ring substituents is 1. The Morgan fingerprint density at radius 2 is 2.26 bits per heavy atom. The van der Waals surface area contributed by atoms with Gasteiger partial charge >= 0.3 is 0 Å². The fourth-order valence-electron chi connectivity index (χ4n) is 2.09. The molecule has 1 atom stereocenters. The molecular formula is C12H16ClN3O3. The van der Waals surface area contributed by atoms with Crippen molar-refractivity contribution >= 4 is 24.0 Å². The number of nitro benzene ring substituents is 1. The van der Waals surface area contributed by atoms with E-state index in [2.05, 4.69) is 5.32 Å². The summed E-state index contributed by atoms with van der Waals surface area (Å²) in [4.78, 5) is 24.0. The first kappa shape index (κ1) is 15.4. The summed E-state index contributed by atoms with van der Waals surface area (Å²) in [6.07, 6.45) is 0.914. The number of benzene rings is 1. The molecule has 1 fully saturated rings. The van der Waals surface area contributed by atoms with Gasteiger partial charge in [-0.15, -0.1) is 12.4 Å². The van der Waals surface area contributed by atoms with E-state index in [1.54, 1.807) is 18.0 Å². The van der Waals surface area contributed by atoms with Crippen LogP contribution in [0.2, 0.25) is 0 Å². The molecule has 0 aliphatic carbocycles. The minimum atomic E-state index is -0.492. The van der Waals surface area contributed by atoms with Crippen molar-refractivity contribution in [2.24, 2.45) is 0 Å². The molecule has 0 saturated carbocycles. The van der Waals surface area contributed by atoms with Crippen molar-refractivity contribution in [1.82, 2.24) is 10.2 Å². The Kier molecular flexibility index (Phi) is 5.26. The molecule has 6 nitrogen and oxygen atoms in total. The van der Waals surface area contributed by atoms with Crippen LogP contribution in [0.15, 0.2) is 24.3 Å². The van der Waals surface area contributed by atoms with Crippen LogP contribution in [0.25, 0.3) is 0 Å². The Hall–Kier alpha value is -1.66. The van der Waals surface area contributed by atoms with Crippen LogP contribution in [0, 0.1) is 10.1 Å². The summed E-state index contributed by atoms with van der Waals surface area (Å²) in [5.41, 5.74) is 0.303. The van der Waals surface area contributed by atoms with Crippen LogP contribution >= 0.6 is 12.4 Å². The monoisotopic (exact) mass is 285 g/mol. The van der Waals surface area contributed by atoms with Crippen LogP contribution in [0.5, 0.6) is 0 Å². The Labute approximate surface area is 117 Å². The minimum absolute atomic E-state index is 0. The summed E-state index contributed by atoms with van der Waals surface area (Å²) in [5, 5.41) is 13.9. The number of nitrogens with zero attached hydrogens (tertiary/aromatic N) is 2. The molecule has 1 aromatic rings. The van der Waals surface area contributed by atoms with Gasteiger partial charge in [-0.2, -0.15) is 0 Å². The van der Waals surface area contributed by atoms with Crippen molar-refractivity contribution in [2.45, 2.75) is 12.5 Å². The van der Waals surface area contributed by atoms with Gasteiger partial charge in [0.05, 0.1) is 4.92 Å². The summed E-state index contributed by atoms with van der Waals surface area (Å²) in [5.74, 6) is -0.174. The topological polar surface area (TPSA) is 75.5 Å². The molecule has 1 aromatic carbocycles. The van der Waals surface area contributed by atoms with E-state index in [4.69, 9.17) is 0 Å². The zero-order valence-electron chi connectivity index (χ0n) is 10.5. The Morgan fingerprint density at radius 1 is 1.53 bits per heavy atom. The van der Waals surface area contributed by atoms with Crippen molar-refractivity contribution in [1.29, 1.82) is 0 Å². The highest BCUT2D eigenvalue weighted by molar-refractivity contribution is 5.94. The number of carbonyl (C=O) groups is 1. The number of hydrogen-bond acceptors (Lipinski definition) is 4. The maximum Gasteiger partial charge on any atom is 0.270 e. The zero-order valence-corrected chi connectivity index (χ0v) is 11.4. The Balaban J connectivity index is 0.00000180. The lowest BCUT2D eigenvalue weighted by molar-refractivity contribution is -0.384. The summed E-state index contributed by atoms with van der Waals surface area (Å²) in [6.45, 7) is 1.67. The van der Waals surface area contributed by atoms with E-state index in [0.717, 1.165) is 19.5 Å². The van der Waals surface area contributed by atoms with Crippen molar-refractivity contribution < 1.29 is 9.72 Å². The summed E-state index contributed by atoms with van der Waals surface area (Å²) in [7, 11) is 1.73. The molecule has 1 amide bonds. The molecule has 104 valence electrons. The standard InChI is InChI=1S/C12H15N3O3.ClH/c1-14(11-5-6-13-8-11)12(16)9-3-2-4-10(7-9)15(17)18;/h2-4,7,11,13H,5-6,8H2,1H3;1H. The number of halogens is 1. The largest absolute Gasteiger partial charge is 0.337 e. The highest BCUT2D eigenvalue weighted by atomic mass is 35.5. The van der Waals surface area contributed by atoms with Gasteiger partial charge in [-0.25, -0.2) is 0 Å². The van der Waals surface area contributed by atoms with Gasteiger partial charge in [-0.3, -0.25) is 14.9 Å². The molecule has 0 spiro atoms. The lowest BCUT2D eigenvalue weighted by atomic mass is 10.1. The second-order valence-electron chi connectivity index (χ2n) is 4.37. The molecule has 1 unspecified atom stereocenters. The number of carbonyl (C=O) groups excluding carboxylic acids is 1. The molecule has 1 aliphatic rings. The number of nitrogens with one attached hydrogen (secondary N) is 1. The van der Waals surface area contributed by atoms with Gasteiger partial charge in [0.2, 0.25) is 0 Å². The number of hydrogen-bond donors (Lipinski definition) is 1. The first-order valence-electron chi connectivity index (χ1n) is 5.82. The van der Waals surface area contributed by atoms with Gasteiger partial charge < -0.3 is 10.2 Å².